The summed E-state index contributed by atoms with van der Waals surface area (Å²) in [7, 11) is 0. The number of carbonyl (C=O) groups is 3. The fourth-order valence-electron chi connectivity index (χ4n) is 8.24. The molecule has 7 atom stereocenters. The van der Waals surface area contributed by atoms with Crippen molar-refractivity contribution in [3.8, 4) is 0 Å². The van der Waals surface area contributed by atoms with Crippen molar-refractivity contribution in [1.29, 1.82) is 0 Å². The molecule has 0 amide bonds. The van der Waals surface area contributed by atoms with Gasteiger partial charge in [0.2, 0.25) is 0 Å². The minimum absolute atomic E-state index is 0.0211. The highest BCUT2D eigenvalue weighted by Crippen LogP contribution is 2.70. The molecule has 194 valence electrons. The number of hydrogen-bond donors (Lipinski definition) is 2. The zero-order chi connectivity index (χ0) is 26.3. The van der Waals surface area contributed by atoms with Crippen LogP contribution >= 0.6 is 0 Å². The van der Waals surface area contributed by atoms with Crippen molar-refractivity contribution in [1.82, 2.24) is 0 Å². The van der Waals surface area contributed by atoms with Gasteiger partial charge in [-0.1, -0.05) is 51.5 Å². The Morgan fingerprint density at radius 1 is 1.11 bits per heavy atom. The fraction of sp³-hybridized carbons (Fsp3) is 0.700. The van der Waals surface area contributed by atoms with Gasteiger partial charge < -0.3 is 10.2 Å². The molecule has 5 heteroatoms. The van der Waals surface area contributed by atoms with Crippen LogP contribution in [0.25, 0.3) is 0 Å². The first-order valence-corrected chi connectivity index (χ1v) is 13.2. The molecule has 0 saturated heterocycles. The number of aliphatic carboxylic acids is 2. The second kappa shape index (κ2) is 9.71. The van der Waals surface area contributed by atoms with Crippen LogP contribution in [0.1, 0.15) is 92.9 Å². The largest absolute Gasteiger partial charge is 0.481 e. The molecule has 0 bridgehead atoms. The maximum atomic E-state index is 12.7. The number of carboxylic acids is 2. The molecule has 3 aliphatic carbocycles. The van der Waals surface area contributed by atoms with Crippen molar-refractivity contribution >= 4 is 17.7 Å². The van der Waals surface area contributed by atoms with Gasteiger partial charge in [0.05, 0.1) is 0 Å². The molecule has 0 spiro atoms. The van der Waals surface area contributed by atoms with E-state index in [-0.39, 0.29) is 39.9 Å². The normalized spacial score (nSPS) is 37.6. The smallest absolute Gasteiger partial charge is 0.331 e. The molecule has 2 fully saturated rings. The highest BCUT2D eigenvalue weighted by molar-refractivity contribution is 5.98. The number of allylic oxidation sites excluding steroid dienone is 4. The molecule has 3 rings (SSSR count). The zero-order valence-corrected chi connectivity index (χ0v) is 22.4. The van der Waals surface area contributed by atoms with Gasteiger partial charge in [-0.15, -0.1) is 0 Å². The summed E-state index contributed by atoms with van der Waals surface area (Å²) in [6.07, 6.45) is 10.1. The second-order valence-electron chi connectivity index (χ2n) is 12.5. The quantitative estimate of drug-likeness (QED) is 0.276. The monoisotopic (exact) mass is 484 g/mol. The van der Waals surface area contributed by atoms with E-state index < -0.39 is 11.9 Å². The van der Waals surface area contributed by atoms with Gasteiger partial charge in [0.25, 0.3) is 0 Å². The Hall–Kier alpha value is -2.17. The third kappa shape index (κ3) is 4.68. The molecule has 0 aromatic rings. The standard InChI is InChI=1S/C30H44O5/c1-18(2)23-9-8-22-24(28(23,5)13-12-26(32)33)10-15-30(7)25(22)11-14-29(30,6)20(4)17-21(31)16-19(3)27(34)35/h8,16,20,23-25H,1,9-15,17H2,2-7H3,(H,32,33)(H,34,35)/b19-16+/t20-,23-,24+,25-,28-,29-,30+/m0/s1. The predicted molar refractivity (Wildman–Crippen MR) is 138 cm³/mol. The van der Waals surface area contributed by atoms with E-state index >= 15 is 0 Å². The lowest BCUT2D eigenvalue weighted by Gasteiger charge is -2.58. The summed E-state index contributed by atoms with van der Waals surface area (Å²) in [6, 6.07) is 0. The van der Waals surface area contributed by atoms with Gasteiger partial charge in [-0.3, -0.25) is 9.59 Å². The van der Waals surface area contributed by atoms with Crippen molar-refractivity contribution in [2.24, 2.45) is 39.9 Å². The van der Waals surface area contributed by atoms with Crippen LogP contribution < -0.4 is 0 Å². The molecule has 0 radical (unpaired) electrons. The third-order valence-electron chi connectivity index (χ3n) is 10.7. The lowest BCUT2D eigenvalue weighted by atomic mass is 9.46. The average molecular weight is 485 g/mol. The number of hydrogen-bond acceptors (Lipinski definition) is 3. The lowest BCUT2D eigenvalue weighted by molar-refractivity contribution is -0.138. The molecule has 0 aromatic carbocycles. The van der Waals surface area contributed by atoms with Gasteiger partial charge in [0, 0.05) is 18.4 Å². The van der Waals surface area contributed by atoms with Crippen LogP contribution in [0.5, 0.6) is 0 Å². The van der Waals surface area contributed by atoms with Gasteiger partial charge in [0.1, 0.15) is 0 Å². The molecule has 35 heavy (non-hydrogen) atoms. The van der Waals surface area contributed by atoms with Gasteiger partial charge in [0.15, 0.2) is 5.78 Å². The summed E-state index contributed by atoms with van der Waals surface area (Å²) in [5.74, 6) is -0.638. The molecule has 2 saturated carbocycles. The molecule has 5 nitrogen and oxygen atoms in total. The maximum absolute atomic E-state index is 12.7. The van der Waals surface area contributed by atoms with E-state index in [2.05, 4.69) is 47.3 Å². The van der Waals surface area contributed by atoms with Crippen molar-refractivity contribution in [2.45, 2.75) is 92.9 Å². The Morgan fingerprint density at radius 3 is 2.31 bits per heavy atom. The summed E-state index contributed by atoms with van der Waals surface area (Å²) in [4.78, 5) is 35.3. The fourth-order valence-corrected chi connectivity index (χ4v) is 8.24. The Morgan fingerprint density at radius 2 is 1.74 bits per heavy atom. The van der Waals surface area contributed by atoms with Gasteiger partial charge in [-0.25, -0.2) is 4.79 Å². The van der Waals surface area contributed by atoms with E-state index in [0.29, 0.717) is 30.6 Å². The summed E-state index contributed by atoms with van der Waals surface area (Å²) < 4.78 is 0. The van der Waals surface area contributed by atoms with Crippen LogP contribution in [0.15, 0.2) is 35.5 Å². The minimum atomic E-state index is -1.05. The van der Waals surface area contributed by atoms with E-state index in [1.54, 1.807) is 0 Å². The molecular weight excluding hydrogens is 440 g/mol. The van der Waals surface area contributed by atoms with Gasteiger partial charge in [-0.2, -0.15) is 0 Å². The highest BCUT2D eigenvalue weighted by Gasteiger charge is 2.62. The lowest BCUT2D eigenvalue weighted by Crippen LogP contribution is -2.50. The van der Waals surface area contributed by atoms with E-state index in [1.165, 1.54) is 18.6 Å². The zero-order valence-electron chi connectivity index (χ0n) is 22.4. The molecular formula is C30H44O5. The Balaban J connectivity index is 1.89. The SMILES string of the molecule is C=C(C)[C@@H]1CC=C2[C@@H](CC[C@]3(C)[C@H]2CC[C@@]3(C)[C@@H](C)CC(=O)/C=C(\C)C(=O)O)[C@@]1(C)CCC(=O)O. The first-order chi connectivity index (χ1) is 16.2. The van der Waals surface area contributed by atoms with Crippen LogP contribution in [0, 0.1) is 39.9 Å². The third-order valence-corrected chi connectivity index (χ3v) is 10.7. The minimum Gasteiger partial charge on any atom is -0.481 e. The second-order valence-corrected chi connectivity index (χ2v) is 12.5. The van der Waals surface area contributed by atoms with E-state index in [4.69, 9.17) is 5.11 Å². The summed E-state index contributed by atoms with van der Waals surface area (Å²) in [5, 5.41) is 18.6. The van der Waals surface area contributed by atoms with Crippen LogP contribution in [-0.4, -0.2) is 27.9 Å². The van der Waals surface area contributed by atoms with Crippen molar-refractivity contribution < 1.29 is 24.6 Å². The molecule has 0 heterocycles. The van der Waals surface area contributed by atoms with Gasteiger partial charge >= 0.3 is 11.9 Å². The van der Waals surface area contributed by atoms with E-state index in [0.717, 1.165) is 37.7 Å². The number of rotatable bonds is 9. The van der Waals surface area contributed by atoms with Crippen LogP contribution in [0.3, 0.4) is 0 Å². The first kappa shape index (κ1) is 27.4. The first-order valence-electron chi connectivity index (χ1n) is 13.2. The Labute approximate surface area is 210 Å². The van der Waals surface area contributed by atoms with E-state index in [9.17, 15) is 19.5 Å². The van der Waals surface area contributed by atoms with Crippen molar-refractivity contribution in [3.63, 3.8) is 0 Å². The highest BCUT2D eigenvalue weighted by atomic mass is 16.4. The molecule has 3 aliphatic rings. The molecule has 2 N–H and O–H groups in total. The number of carbonyl (C=O) groups excluding carboxylic acids is 1. The average Bonchev–Trinajstić information content (AvgIpc) is 3.04. The van der Waals surface area contributed by atoms with Crippen LogP contribution in [0.2, 0.25) is 0 Å². The summed E-state index contributed by atoms with van der Waals surface area (Å²) >= 11 is 0. The molecule has 0 unspecified atom stereocenters. The summed E-state index contributed by atoms with van der Waals surface area (Å²) in [5.41, 5.74) is 2.69. The number of ketones is 1. The van der Waals surface area contributed by atoms with E-state index in [1.807, 2.05) is 0 Å². The number of fused-ring (bicyclic) bond motifs is 3. The van der Waals surface area contributed by atoms with Crippen LogP contribution in [-0.2, 0) is 14.4 Å². The number of carboxylic acid groups (broad SMARTS) is 2. The maximum Gasteiger partial charge on any atom is 0.331 e. The van der Waals surface area contributed by atoms with Crippen LogP contribution in [0.4, 0.5) is 0 Å². The van der Waals surface area contributed by atoms with Crippen molar-refractivity contribution in [2.75, 3.05) is 0 Å². The van der Waals surface area contributed by atoms with Crippen molar-refractivity contribution in [3.05, 3.63) is 35.5 Å². The molecule has 0 aliphatic heterocycles. The Kier molecular flexibility index (Phi) is 7.60. The Bertz CT molecular complexity index is 973. The summed E-state index contributed by atoms with van der Waals surface area (Å²) in [6.45, 7) is 17.0. The molecule has 0 aromatic heterocycles. The predicted octanol–water partition coefficient (Wildman–Crippen LogP) is 6.84. The van der Waals surface area contributed by atoms with Gasteiger partial charge in [-0.05, 0) is 98.4 Å². The topological polar surface area (TPSA) is 91.7 Å².